The molecule has 0 bridgehead atoms. The van der Waals surface area contributed by atoms with E-state index in [0.29, 0.717) is 35.4 Å². The molecule has 5 nitrogen and oxygen atoms in total. The molecular formula is C19H25ClIN3O2S. The van der Waals surface area contributed by atoms with Crippen molar-refractivity contribution < 1.29 is 8.42 Å². The summed E-state index contributed by atoms with van der Waals surface area (Å²) < 4.78 is 24.5. The van der Waals surface area contributed by atoms with E-state index in [1.807, 2.05) is 31.2 Å². The second-order valence-corrected chi connectivity index (χ2v) is 8.28. The Morgan fingerprint density at radius 3 is 2.48 bits per heavy atom. The van der Waals surface area contributed by atoms with Gasteiger partial charge in [-0.15, -0.1) is 24.0 Å². The third-order valence-corrected chi connectivity index (χ3v) is 5.69. The second-order valence-electron chi connectivity index (χ2n) is 5.74. The van der Waals surface area contributed by atoms with E-state index in [1.165, 1.54) is 0 Å². The number of aliphatic imine (C=N–C) groups is 1. The van der Waals surface area contributed by atoms with Gasteiger partial charge in [-0.3, -0.25) is 0 Å². The first-order valence-electron chi connectivity index (χ1n) is 8.55. The van der Waals surface area contributed by atoms with Gasteiger partial charge in [-0.25, -0.2) is 13.4 Å². The van der Waals surface area contributed by atoms with Gasteiger partial charge in [-0.1, -0.05) is 41.9 Å². The van der Waals surface area contributed by atoms with Crippen LogP contribution in [0.2, 0.25) is 5.02 Å². The highest BCUT2D eigenvalue weighted by Gasteiger charge is 2.13. The van der Waals surface area contributed by atoms with Gasteiger partial charge in [-0.05, 0) is 43.2 Å². The molecule has 2 N–H and O–H groups in total. The topological polar surface area (TPSA) is 70.6 Å². The minimum Gasteiger partial charge on any atom is -0.357 e. The Kier molecular flexibility index (Phi) is 10.7. The predicted molar refractivity (Wildman–Crippen MR) is 123 cm³/mol. The summed E-state index contributed by atoms with van der Waals surface area (Å²) in [6.45, 7) is 3.73. The first kappa shape index (κ1) is 23.7. The second kappa shape index (κ2) is 12.2. The highest BCUT2D eigenvalue weighted by molar-refractivity contribution is 14.0. The van der Waals surface area contributed by atoms with Crippen LogP contribution in [0, 0.1) is 0 Å². The fraction of sp³-hybridized carbons (Fsp3) is 0.316. The number of nitrogens with one attached hydrogen (secondary N) is 2. The molecule has 0 aliphatic rings. The van der Waals surface area contributed by atoms with Crippen molar-refractivity contribution in [1.82, 2.24) is 10.6 Å². The molecule has 0 heterocycles. The molecule has 0 amide bonds. The van der Waals surface area contributed by atoms with Gasteiger partial charge < -0.3 is 10.6 Å². The van der Waals surface area contributed by atoms with Gasteiger partial charge in [0.1, 0.15) is 0 Å². The van der Waals surface area contributed by atoms with E-state index in [9.17, 15) is 8.42 Å². The molecule has 0 aromatic heterocycles. The molecule has 0 radical (unpaired) electrons. The third kappa shape index (κ3) is 8.49. The summed E-state index contributed by atoms with van der Waals surface area (Å²) >= 11 is 5.98. The monoisotopic (exact) mass is 521 g/mol. The summed E-state index contributed by atoms with van der Waals surface area (Å²) in [5, 5.41) is 7.01. The van der Waals surface area contributed by atoms with E-state index in [-0.39, 0.29) is 29.7 Å². The first-order valence-corrected chi connectivity index (χ1v) is 10.6. The Morgan fingerprint density at radius 2 is 1.81 bits per heavy atom. The summed E-state index contributed by atoms with van der Waals surface area (Å²) in [6, 6.07) is 16.1. The highest BCUT2D eigenvalue weighted by atomic mass is 127. The van der Waals surface area contributed by atoms with Crippen LogP contribution in [0.5, 0.6) is 0 Å². The summed E-state index contributed by atoms with van der Waals surface area (Å²) in [5.74, 6) is 0.752. The molecule has 0 aliphatic carbocycles. The molecule has 2 aromatic carbocycles. The number of guanidine groups is 1. The third-order valence-electron chi connectivity index (χ3n) is 3.64. The average molecular weight is 522 g/mol. The summed E-state index contributed by atoms with van der Waals surface area (Å²) in [6.07, 6.45) is 0.499. The van der Waals surface area contributed by atoms with Gasteiger partial charge in [0.15, 0.2) is 15.8 Å². The number of hydrogen-bond acceptors (Lipinski definition) is 3. The standard InChI is InChI=1S/C19H24ClN3O2S.HI/c1-2-21-19(23-15-16-8-6-9-17(20)14-16)22-12-7-13-26(24,25)18-10-4-3-5-11-18;/h3-6,8-11,14H,2,7,12-13,15H2,1H3,(H2,21,22,23);1H. The SMILES string of the molecule is CCNC(=NCc1cccc(Cl)c1)NCCCS(=O)(=O)c1ccccc1.I. The maximum Gasteiger partial charge on any atom is 0.191 e. The van der Waals surface area contributed by atoms with Crippen LogP contribution in [0.4, 0.5) is 0 Å². The lowest BCUT2D eigenvalue weighted by Crippen LogP contribution is -2.38. The number of benzene rings is 2. The van der Waals surface area contributed by atoms with Crippen LogP contribution in [0.25, 0.3) is 0 Å². The summed E-state index contributed by atoms with van der Waals surface area (Å²) in [7, 11) is -3.25. The van der Waals surface area contributed by atoms with Gasteiger partial charge in [0.2, 0.25) is 0 Å². The fourth-order valence-electron chi connectivity index (χ4n) is 2.36. The van der Waals surface area contributed by atoms with Crippen molar-refractivity contribution in [2.24, 2.45) is 4.99 Å². The minimum absolute atomic E-state index is 0. The maximum atomic E-state index is 12.3. The quantitative estimate of drug-likeness (QED) is 0.239. The molecule has 0 aliphatic heterocycles. The Bertz CT molecular complexity index is 830. The van der Waals surface area contributed by atoms with Crippen LogP contribution in [0.15, 0.2) is 64.5 Å². The van der Waals surface area contributed by atoms with Gasteiger partial charge in [-0.2, -0.15) is 0 Å². The zero-order chi connectivity index (χ0) is 18.8. The number of halogens is 2. The molecule has 0 saturated carbocycles. The van der Waals surface area contributed by atoms with Gasteiger partial charge in [0.05, 0.1) is 17.2 Å². The van der Waals surface area contributed by atoms with Crippen molar-refractivity contribution in [2.45, 2.75) is 24.8 Å². The molecule has 2 rings (SSSR count). The molecule has 148 valence electrons. The lowest BCUT2D eigenvalue weighted by atomic mass is 10.2. The Morgan fingerprint density at radius 1 is 1.07 bits per heavy atom. The lowest BCUT2D eigenvalue weighted by Gasteiger charge is -2.11. The van der Waals surface area contributed by atoms with Gasteiger partial charge in [0, 0.05) is 18.1 Å². The van der Waals surface area contributed by atoms with Crippen LogP contribution in [0.1, 0.15) is 18.9 Å². The number of nitrogens with zero attached hydrogens (tertiary/aromatic N) is 1. The van der Waals surface area contributed by atoms with Gasteiger partial charge >= 0.3 is 0 Å². The Labute approximate surface area is 183 Å². The molecule has 0 saturated heterocycles. The molecule has 2 aromatic rings. The van der Waals surface area contributed by atoms with Crippen molar-refractivity contribution in [2.75, 3.05) is 18.8 Å². The molecular weight excluding hydrogens is 497 g/mol. The van der Waals surface area contributed by atoms with E-state index < -0.39 is 9.84 Å². The zero-order valence-corrected chi connectivity index (χ0v) is 19.1. The van der Waals surface area contributed by atoms with Crippen molar-refractivity contribution in [3.8, 4) is 0 Å². The van der Waals surface area contributed by atoms with Crippen molar-refractivity contribution in [1.29, 1.82) is 0 Å². The number of hydrogen-bond donors (Lipinski definition) is 2. The lowest BCUT2D eigenvalue weighted by molar-refractivity contribution is 0.592. The molecule has 8 heteroatoms. The first-order chi connectivity index (χ1) is 12.5. The molecule has 0 spiro atoms. The fourth-order valence-corrected chi connectivity index (χ4v) is 3.91. The van der Waals surface area contributed by atoms with Crippen LogP contribution >= 0.6 is 35.6 Å². The Balaban J connectivity index is 0.00000364. The van der Waals surface area contributed by atoms with Crippen molar-refractivity contribution >= 4 is 51.4 Å². The smallest absolute Gasteiger partial charge is 0.191 e. The largest absolute Gasteiger partial charge is 0.357 e. The van der Waals surface area contributed by atoms with Crippen LogP contribution in [0.3, 0.4) is 0 Å². The molecule has 27 heavy (non-hydrogen) atoms. The Hall–Kier alpha value is -1.32. The van der Waals surface area contributed by atoms with E-state index >= 15 is 0 Å². The number of rotatable bonds is 8. The maximum absolute atomic E-state index is 12.3. The minimum atomic E-state index is -3.25. The highest BCUT2D eigenvalue weighted by Crippen LogP contribution is 2.12. The van der Waals surface area contributed by atoms with Crippen molar-refractivity contribution in [3.05, 3.63) is 65.2 Å². The van der Waals surface area contributed by atoms with Gasteiger partial charge in [0.25, 0.3) is 0 Å². The van der Waals surface area contributed by atoms with Crippen molar-refractivity contribution in [3.63, 3.8) is 0 Å². The van der Waals surface area contributed by atoms with E-state index in [1.54, 1.807) is 30.3 Å². The van der Waals surface area contributed by atoms with Crippen LogP contribution < -0.4 is 10.6 Å². The zero-order valence-electron chi connectivity index (χ0n) is 15.2. The summed E-state index contributed by atoms with van der Waals surface area (Å²) in [5.41, 5.74) is 1.02. The molecule has 0 fully saturated rings. The summed E-state index contributed by atoms with van der Waals surface area (Å²) in [4.78, 5) is 4.87. The van der Waals surface area contributed by atoms with Crippen LogP contribution in [-0.2, 0) is 16.4 Å². The van der Waals surface area contributed by atoms with E-state index in [0.717, 1.165) is 12.1 Å². The molecule has 0 unspecified atom stereocenters. The van der Waals surface area contributed by atoms with E-state index in [2.05, 4.69) is 15.6 Å². The molecule has 0 atom stereocenters. The average Bonchev–Trinajstić information content (AvgIpc) is 2.64. The van der Waals surface area contributed by atoms with Crippen LogP contribution in [-0.4, -0.2) is 33.2 Å². The normalized spacial score (nSPS) is 11.6. The van der Waals surface area contributed by atoms with E-state index in [4.69, 9.17) is 11.6 Å². The predicted octanol–water partition coefficient (Wildman–Crippen LogP) is 3.88. The number of sulfone groups is 1.